The van der Waals surface area contributed by atoms with Gasteiger partial charge in [-0.15, -0.1) is 0 Å². The van der Waals surface area contributed by atoms with Crippen LogP contribution in [-0.4, -0.2) is 16.8 Å². The van der Waals surface area contributed by atoms with Gasteiger partial charge < -0.3 is 10.6 Å². The highest BCUT2D eigenvalue weighted by atomic mass is 35.5. The number of nitrogens with zero attached hydrogens (tertiary/aromatic N) is 1. The predicted molar refractivity (Wildman–Crippen MR) is 82.6 cm³/mol. The van der Waals surface area contributed by atoms with Gasteiger partial charge in [0.1, 0.15) is 10.8 Å². The van der Waals surface area contributed by atoms with E-state index in [9.17, 15) is 9.59 Å². The van der Waals surface area contributed by atoms with Gasteiger partial charge in [0.2, 0.25) is 5.91 Å². The highest BCUT2D eigenvalue weighted by Crippen LogP contribution is 2.15. The third-order valence-electron chi connectivity index (χ3n) is 2.70. The average molecular weight is 304 g/mol. The Morgan fingerprint density at radius 3 is 2.24 bits per heavy atom. The molecule has 0 radical (unpaired) electrons. The van der Waals surface area contributed by atoms with E-state index in [2.05, 4.69) is 15.6 Å². The lowest BCUT2D eigenvalue weighted by Gasteiger charge is -2.07. The Bertz CT molecular complexity index is 656. The zero-order valence-electron chi connectivity index (χ0n) is 11.4. The van der Waals surface area contributed by atoms with Crippen LogP contribution in [0.3, 0.4) is 0 Å². The predicted octanol–water partition coefficient (Wildman–Crippen LogP) is 3.34. The summed E-state index contributed by atoms with van der Waals surface area (Å²) in [6, 6.07) is 11.7. The third kappa shape index (κ3) is 4.29. The molecular formula is C15H14ClN3O2. The van der Waals surface area contributed by atoms with Gasteiger partial charge in [-0.05, 0) is 36.4 Å². The first-order valence-corrected chi connectivity index (χ1v) is 6.80. The van der Waals surface area contributed by atoms with Crippen LogP contribution in [0.5, 0.6) is 0 Å². The van der Waals surface area contributed by atoms with Gasteiger partial charge in [0.05, 0.1) is 0 Å². The van der Waals surface area contributed by atoms with E-state index in [1.165, 1.54) is 0 Å². The van der Waals surface area contributed by atoms with Gasteiger partial charge in [-0.1, -0.05) is 24.6 Å². The minimum Gasteiger partial charge on any atom is -0.326 e. The number of carbonyl (C=O) groups is 2. The van der Waals surface area contributed by atoms with Crippen LogP contribution in [0, 0.1) is 0 Å². The zero-order chi connectivity index (χ0) is 15.2. The van der Waals surface area contributed by atoms with Gasteiger partial charge in [-0.3, -0.25) is 9.59 Å². The Kier molecular flexibility index (Phi) is 4.90. The molecule has 0 aliphatic carbocycles. The molecule has 2 N–H and O–H groups in total. The number of rotatable bonds is 4. The van der Waals surface area contributed by atoms with Crippen molar-refractivity contribution in [2.24, 2.45) is 0 Å². The number of carbonyl (C=O) groups excluding carboxylic acids is 2. The van der Waals surface area contributed by atoms with Crippen LogP contribution in [0.25, 0.3) is 0 Å². The van der Waals surface area contributed by atoms with Crippen molar-refractivity contribution in [3.05, 3.63) is 53.3 Å². The fourth-order valence-electron chi connectivity index (χ4n) is 1.62. The van der Waals surface area contributed by atoms with Gasteiger partial charge in [-0.2, -0.15) is 0 Å². The summed E-state index contributed by atoms with van der Waals surface area (Å²) in [6.07, 6.45) is 0.416. The Hall–Kier alpha value is -2.40. The molecule has 0 bridgehead atoms. The molecule has 5 nitrogen and oxygen atoms in total. The maximum absolute atomic E-state index is 12.0. The van der Waals surface area contributed by atoms with Crippen molar-refractivity contribution in [3.63, 3.8) is 0 Å². The molecule has 2 aromatic rings. The minimum atomic E-state index is -0.345. The maximum Gasteiger partial charge on any atom is 0.274 e. The fraction of sp³-hybridized carbons (Fsp3) is 0.133. The first-order chi connectivity index (χ1) is 10.1. The van der Waals surface area contributed by atoms with E-state index in [1.807, 2.05) is 0 Å². The normalized spacial score (nSPS) is 10.0. The van der Waals surface area contributed by atoms with E-state index in [0.29, 0.717) is 17.8 Å². The molecule has 0 saturated carbocycles. The van der Waals surface area contributed by atoms with Crippen LogP contribution in [0.4, 0.5) is 11.4 Å². The standard InChI is InChI=1S/C15H14ClN3O2/c1-2-14(20)17-10-6-8-11(9-7-10)18-15(21)12-4-3-5-13(16)19-12/h3-9H,2H2,1H3,(H,17,20)(H,18,21). The molecule has 1 heterocycles. The van der Waals surface area contributed by atoms with Crippen molar-refractivity contribution in [2.45, 2.75) is 13.3 Å². The smallest absolute Gasteiger partial charge is 0.274 e. The maximum atomic E-state index is 12.0. The van der Waals surface area contributed by atoms with Crippen molar-refractivity contribution < 1.29 is 9.59 Å². The van der Waals surface area contributed by atoms with Crippen molar-refractivity contribution in [1.29, 1.82) is 0 Å². The lowest BCUT2D eigenvalue weighted by molar-refractivity contribution is -0.115. The summed E-state index contributed by atoms with van der Waals surface area (Å²) in [4.78, 5) is 27.2. The Labute approximate surface area is 127 Å². The first kappa shape index (κ1) is 15.0. The number of amides is 2. The van der Waals surface area contributed by atoms with Crippen molar-refractivity contribution in [2.75, 3.05) is 10.6 Å². The molecule has 2 rings (SSSR count). The molecule has 0 saturated heterocycles. The van der Waals surface area contributed by atoms with Gasteiger partial charge >= 0.3 is 0 Å². The second-order valence-corrected chi connectivity index (χ2v) is 4.67. The number of anilines is 2. The van der Waals surface area contributed by atoms with E-state index in [-0.39, 0.29) is 22.7 Å². The number of halogens is 1. The molecule has 0 spiro atoms. The molecule has 0 fully saturated rings. The molecule has 1 aromatic carbocycles. The average Bonchev–Trinajstić information content (AvgIpc) is 2.49. The molecule has 0 aliphatic heterocycles. The summed E-state index contributed by atoms with van der Waals surface area (Å²) in [5, 5.41) is 5.70. The lowest BCUT2D eigenvalue weighted by atomic mass is 10.2. The Morgan fingerprint density at radius 1 is 1.05 bits per heavy atom. The monoisotopic (exact) mass is 303 g/mol. The highest BCUT2D eigenvalue weighted by molar-refractivity contribution is 6.29. The van der Waals surface area contributed by atoms with Crippen LogP contribution < -0.4 is 10.6 Å². The molecule has 21 heavy (non-hydrogen) atoms. The quantitative estimate of drug-likeness (QED) is 0.851. The summed E-state index contributed by atoms with van der Waals surface area (Å²) in [6.45, 7) is 1.78. The molecule has 1 aromatic heterocycles. The summed E-state index contributed by atoms with van der Waals surface area (Å²) in [5.74, 6) is -0.405. The molecule has 6 heteroatoms. The summed E-state index contributed by atoms with van der Waals surface area (Å²) in [5.41, 5.74) is 1.53. The van der Waals surface area contributed by atoms with Gasteiger partial charge in [0, 0.05) is 17.8 Å². The second kappa shape index (κ2) is 6.85. The van der Waals surface area contributed by atoms with E-state index in [1.54, 1.807) is 49.4 Å². The molecule has 108 valence electrons. The third-order valence-corrected chi connectivity index (χ3v) is 2.91. The van der Waals surface area contributed by atoms with E-state index < -0.39 is 0 Å². The molecular weight excluding hydrogens is 290 g/mol. The van der Waals surface area contributed by atoms with Crippen molar-refractivity contribution in [1.82, 2.24) is 4.98 Å². The van der Waals surface area contributed by atoms with Crippen molar-refractivity contribution in [3.8, 4) is 0 Å². The molecule has 2 amide bonds. The molecule has 0 aliphatic rings. The van der Waals surface area contributed by atoms with Crippen LogP contribution in [-0.2, 0) is 4.79 Å². The van der Waals surface area contributed by atoms with Gasteiger partial charge in [0.15, 0.2) is 0 Å². The number of nitrogens with one attached hydrogen (secondary N) is 2. The first-order valence-electron chi connectivity index (χ1n) is 6.42. The Balaban J connectivity index is 2.03. The fourth-order valence-corrected chi connectivity index (χ4v) is 1.78. The summed E-state index contributed by atoms with van der Waals surface area (Å²) in [7, 11) is 0. The summed E-state index contributed by atoms with van der Waals surface area (Å²) < 4.78 is 0. The zero-order valence-corrected chi connectivity index (χ0v) is 12.1. The van der Waals surface area contributed by atoms with Crippen LogP contribution in [0.1, 0.15) is 23.8 Å². The Morgan fingerprint density at radius 2 is 1.67 bits per heavy atom. The van der Waals surface area contributed by atoms with Gasteiger partial charge in [-0.25, -0.2) is 4.98 Å². The number of hydrogen-bond donors (Lipinski definition) is 2. The van der Waals surface area contributed by atoms with Crippen LogP contribution in [0.2, 0.25) is 5.15 Å². The molecule has 0 unspecified atom stereocenters. The van der Waals surface area contributed by atoms with Crippen LogP contribution >= 0.6 is 11.6 Å². The number of aromatic nitrogens is 1. The number of benzene rings is 1. The van der Waals surface area contributed by atoms with Crippen LogP contribution in [0.15, 0.2) is 42.5 Å². The second-order valence-electron chi connectivity index (χ2n) is 4.28. The van der Waals surface area contributed by atoms with E-state index >= 15 is 0 Å². The van der Waals surface area contributed by atoms with Gasteiger partial charge in [0.25, 0.3) is 5.91 Å². The van der Waals surface area contributed by atoms with E-state index in [0.717, 1.165) is 0 Å². The van der Waals surface area contributed by atoms with E-state index in [4.69, 9.17) is 11.6 Å². The highest BCUT2D eigenvalue weighted by Gasteiger charge is 2.08. The minimum absolute atomic E-state index is 0.0603. The topological polar surface area (TPSA) is 71.1 Å². The SMILES string of the molecule is CCC(=O)Nc1ccc(NC(=O)c2cccc(Cl)n2)cc1. The lowest BCUT2D eigenvalue weighted by Crippen LogP contribution is -2.14. The summed E-state index contributed by atoms with van der Waals surface area (Å²) >= 11 is 5.74. The van der Waals surface area contributed by atoms with Crippen molar-refractivity contribution >= 4 is 34.8 Å². The molecule has 0 atom stereocenters. The number of pyridine rings is 1. The number of hydrogen-bond acceptors (Lipinski definition) is 3. The largest absolute Gasteiger partial charge is 0.326 e.